The summed E-state index contributed by atoms with van der Waals surface area (Å²) in [6.07, 6.45) is 1.67. The number of methoxy groups -OCH3 is 1. The van der Waals surface area contributed by atoms with Gasteiger partial charge < -0.3 is 10.1 Å². The lowest BCUT2D eigenvalue weighted by Gasteiger charge is -2.02. The number of allylic oxidation sites excluding steroid dienone is 1. The SMILES string of the molecule is COC(=O)C1=C(C)NC(=O)C1=Cc1cccc(Br)c1. The highest BCUT2D eigenvalue weighted by atomic mass is 79.9. The fourth-order valence-electron chi connectivity index (χ4n) is 1.88. The van der Waals surface area contributed by atoms with Gasteiger partial charge in [0.05, 0.1) is 18.3 Å². The number of hydrogen-bond donors (Lipinski definition) is 1. The quantitative estimate of drug-likeness (QED) is 0.672. The number of carbonyl (C=O) groups excluding carboxylic acids is 2. The van der Waals surface area contributed by atoms with Crippen LogP contribution in [0.15, 0.2) is 45.6 Å². The van der Waals surface area contributed by atoms with Crippen molar-refractivity contribution in [3.05, 3.63) is 51.1 Å². The standard InChI is InChI=1S/C14H12BrNO3/c1-8-12(14(18)19-2)11(13(17)16-8)7-9-4-3-5-10(15)6-9/h3-7H,1-2H3,(H,16,17). The molecule has 0 aliphatic carbocycles. The summed E-state index contributed by atoms with van der Waals surface area (Å²) in [7, 11) is 1.29. The molecule has 1 heterocycles. The molecule has 0 spiro atoms. The molecule has 0 radical (unpaired) electrons. The molecule has 1 aromatic carbocycles. The minimum absolute atomic E-state index is 0.285. The molecule has 1 aliphatic heterocycles. The zero-order valence-corrected chi connectivity index (χ0v) is 12.1. The molecule has 19 heavy (non-hydrogen) atoms. The zero-order chi connectivity index (χ0) is 14.0. The van der Waals surface area contributed by atoms with Crippen LogP contribution >= 0.6 is 15.9 Å². The molecule has 0 bridgehead atoms. The Bertz CT molecular complexity index is 617. The maximum Gasteiger partial charge on any atom is 0.340 e. The monoisotopic (exact) mass is 321 g/mol. The van der Waals surface area contributed by atoms with Crippen molar-refractivity contribution in [1.29, 1.82) is 0 Å². The molecule has 0 aromatic heterocycles. The molecule has 1 amide bonds. The van der Waals surface area contributed by atoms with E-state index in [0.29, 0.717) is 11.3 Å². The van der Waals surface area contributed by atoms with E-state index in [9.17, 15) is 9.59 Å². The summed E-state index contributed by atoms with van der Waals surface area (Å²) < 4.78 is 5.61. The Morgan fingerprint density at radius 2 is 2.16 bits per heavy atom. The van der Waals surface area contributed by atoms with E-state index < -0.39 is 5.97 Å². The predicted molar refractivity (Wildman–Crippen MR) is 75.0 cm³/mol. The molecule has 0 atom stereocenters. The van der Waals surface area contributed by atoms with Gasteiger partial charge in [-0.05, 0) is 30.7 Å². The lowest BCUT2D eigenvalue weighted by molar-refractivity contribution is -0.136. The lowest BCUT2D eigenvalue weighted by atomic mass is 10.0. The molecule has 1 N–H and O–H groups in total. The Hall–Kier alpha value is -1.88. The summed E-state index contributed by atoms with van der Waals surface area (Å²) in [4.78, 5) is 23.6. The first-order valence-electron chi connectivity index (χ1n) is 5.61. The van der Waals surface area contributed by atoms with E-state index in [0.717, 1.165) is 10.0 Å². The molecule has 1 aromatic rings. The third-order valence-corrected chi connectivity index (χ3v) is 3.23. The van der Waals surface area contributed by atoms with Gasteiger partial charge in [0, 0.05) is 10.2 Å². The number of amides is 1. The molecule has 0 saturated carbocycles. The molecule has 5 heteroatoms. The van der Waals surface area contributed by atoms with E-state index in [1.54, 1.807) is 13.0 Å². The van der Waals surface area contributed by atoms with Crippen LogP contribution in [0, 0.1) is 0 Å². The van der Waals surface area contributed by atoms with Crippen molar-refractivity contribution in [3.8, 4) is 0 Å². The topological polar surface area (TPSA) is 55.4 Å². The van der Waals surface area contributed by atoms with E-state index in [1.807, 2.05) is 24.3 Å². The molecular weight excluding hydrogens is 310 g/mol. The molecular formula is C14H12BrNO3. The second-order valence-corrected chi connectivity index (χ2v) is 4.97. The number of esters is 1. The van der Waals surface area contributed by atoms with E-state index in [1.165, 1.54) is 7.11 Å². The first-order chi connectivity index (χ1) is 9.02. The third kappa shape index (κ3) is 2.76. The Labute approximate surface area is 119 Å². The van der Waals surface area contributed by atoms with Crippen molar-refractivity contribution in [1.82, 2.24) is 5.32 Å². The van der Waals surface area contributed by atoms with Crippen LogP contribution in [0.2, 0.25) is 0 Å². The lowest BCUT2D eigenvalue weighted by Crippen LogP contribution is -2.15. The van der Waals surface area contributed by atoms with Gasteiger partial charge >= 0.3 is 5.97 Å². The van der Waals surface area contributed by atoms with Crippen LogP contribution < -0.4 is 5.32 Å². The highest BCUT2D eigenvalue weighted by Crippen LogP contribution is 2.25. The van der Waals surface area contributed by atoms with Crippen molar-refractivity contribution in [2.45, 2.75) is 6.92 Å². The summed E-state index contributed by atoms with van der Waals surface area (Å²) in [5, 5.41) is 2.63. The van der Waals surface area contributed by atoms with Crippen LogP contribution in [0.3, 0.4) is 0 Å². The fraction of sp³-hybridized carbons (Fsp3) is 0.143. The number of nitrogens with one attached hydrogen (secondary N) is 1. The van der Waals surface area contributed by atoms with Gasteiger partial charge in [-0.2, -0.15) is 0 Å². The van der Waals surface area contributed by atoms with Crippen LogP contribution in [0.25, 0.3) is 6.08 Å². The zero-order valence-electron chi connectivity index (χ0n) is 10.5. The number of rotatable bonds is 2. The minimum Gasteiger partial charge on any atom is -0.465 e. The maximum atomic E-state index is 11.9. The van der Waals surface area contributed by atoms with Gasteiger partial charge in [0.25, 0.3) is 5.91 Å². The smallest absolute Gasteiger partial charge is 0.340 e. The molecule has 98 valence electrons. The summed E-state index contributed by atoms with van der Waals surface area (Å²) in [5.41, 5.74) is 1.95. The van der Waals surface area contributed by atoms with Gasteiger partial charge in [-0.25, -0.2) is 4.79 Å². The Morgan fingerprint density at radius 3 is 2.79 bits per heavy atom. The predicted octanol–water partition coefficient (Wildman–Crippen LogP) is 2.41. The van der Waals surface area contributed by atoms with Gasteiger partial charge in [-0.15, -0.1) is 0 Å². The van der Waals surface area contributed by atoms with Gasteiger partial charge in [0.2, 0.25) is 0 Å². The van der Waals surface area contributed by atoms with Crippen molar-refractivity contribution >= 4 is 33.9 Å². The molecule has 2 rings (SSSR count). The number of hydrogen-bond acceptors (Lipinski definition) is 3. The summed E-state index contributed by atoms with van der Waals surface area (Å²) >= 11 is 3.36. The summed E-state index contributed by atoms with van der Waals surface area (Å²) in [5.74, 6) is -0.810. The van der Waals surface area contributed by atoms with Crippen LogP contribution in [0.4, 0.5) is 0 Å². The van der Waals surface area contributed by atoms with Crippen LogP contribution in [-0.2, 0) is 14.3 Å². The normalized spacial score (nSPS) is 16.8. The van der Waals surface area contributed by atoms with E-state index in [4.69, 9.17) is 4.74 Å². The Morgan fingerprint density at radius 1 is 1.42 bits per heavy atom. The molecule has 1 aliphatic rings. The molecule has 4 nitrogen and oxygen atoms in total. The minimum atomic E-state index is -0.517. The van der Waals surface area contributed by atoms with E-state index in [2.05, 4.69) is 21.2 Å². The van der Waals surface area contributed by atoms with Crippen LogP contribution in [0.5, 0.6) is 0 Å². The third-order valence-electron chi connectivity index (χ3n) is 2.74. The number of halogens is 1. The fourth-order valence-corrected chi connectivity index (χ4v) is 2.30. The first-order valence-corrected chi connectivity index (χ1v) is 6.40. The highest BCUT2D eigenvalue weighted by molar-refractivity contribution is 9.10. The number of carbonyl (C=O) groups is 2. The Balaban J connectivity index is 2.47. The Kier molecular flexibility index (Phi) is 3.85. The molecule has 0 fully saturated rings. The van der Waals surface area contributed by atoms with Crippen molar-refractivity contribution in [2.24, 2.45) is 0 Å². The maximum absolute atomic E-state index is 11.9. The van der Waals surface area contributed by atoms with Crippen molar-refractivity contribution in [3.63, 3.8) is 0 Å². The van der Waals surface area contributed by atoms with Gasteiger partial charge in [-0.3, -0.25) is 4.79 Å². The van der Waals surface area contributed by atoms with Gasteiger partial charge in [0.15, 0.2) is 0 Å². The van der Waals surface area contributed by atoms with Crippen LogP contribution in [-0.4, -0.2) is 19.0 Å². The average molecular weight is 322 g/mol. The van der Waals surface area contributed by atoms with E-state index in [-0.39, 0.29) is 11.5 Å². The highest BCUT2D eigenvalue weighted by Gasteiger charge is 2.30. The number of benzene rings is 1. The molecule has 0 saturated heterocycles. The van der Waals surface area contributed by atoms with Crippen LogP contribution in [0.1, 0.15) is 12.5 Å². The molecule has 0 unspecified atom stereocenters. The first kappa shape index (κ1) is 13.5. The van der Waals surface area contributed by atoms with Crippen molar-refractivity contribution < 1.29 is 14.3 Å². The van der Waals surface area contributed by atoms with E-state index >= 15 is 0 Å². The summed E-state index contributed by atoms with van der Waals surface area (Å²) in [6, 6.07) is 7.47. The largest absolute Gasteiger partial charge is 0.465 e. The second-order valence-electron chi connectivity index (χ2n) is 4.06. The van der Waals surface area contributed by atoms with Crippen molar-refractivity contribution in [2.75, 3.05) is 7.11 Å². The van der Waals surface area contributed by atoms with Gasteiger partial charge in [-0.1, -0.05) is 28.1 Å². The second kappa shape index (κ2) is 5.40. The number of ether oxygens (including phenoxy) is 1. The average Bonchev–Trinajstić information content (AvgIpc) is 2.63. The van der Waals surface area contributed by atoms with Gasteiger partial charge in [0.1, 0.15) is 0 Å². The summed E-state index contributed by atoms with van der Waals surface area (Å²) in [6.45, 7) is 1.67.